The monoisotopic (exact) mass is 450 g/mol. The Morgan fingerprint density at radius 1 is 0.706 bits per heavy atom. The Labute approximate surface area is 198 Å². The summed E-state index contributed by atoms with van der Waals surface area (Å²) in [6.45, 7) is 3.56. The lowest BCUT2D eigenvalue weighted by molar-refractivity contribution is 0.641. The minimum absolute atomic E-state index is 0.803. The van der Waals surface area contributed by atoms with Crippen LogP contribution in [0.3, 0.4) is 0 Å². The molecule has 5 heterocycles. The van der Waals surface area contributed by atoms with Crippen LogP contribution in [-0.2, 0) is 13.5 Å². The van der Waals surface area contributed by atoms with Gasteiger partial charge in [-0.3, -0.25) is 4.68 Å². The highest BCUT2D eigenvalue weighted by Crippen LogP contribution is 2.26. The van der Waals surface area contributed by atoms with Crippen LogP contribution in [0.1, 0.15) is 11.1 Å². The van der Waals surface area contributed by atoms with Crippen molar-refractivity contribution in [3.8, 4) is 11.1 Å². The van der Waals surface area contributed by atoms with E-state index in [1.807, 2.05) is 53.3 Å². The predicted molar refractivity (Wildman–Crippen MR) is 133 cm³/mol. The van der Waals surface area contributed by atoms with Gasteiger partial charge in [-0.15, -0.1) is 0 Å². The lowest BCUT2D eigenvalue weighted by Crippen LogP contribution is -2.47. The standard InChI is InChI=1S/C26H26N8/c1-31-18-23(16-29-31)22-7-8-24-25(17-30-34(24)19-22)32-9-11-33(12-10-32)26-27-14-21(15-28-26)13-20-5-3-2-4-6-20/h2-8,14-19H,9-13H2,1H3. The summed E-state index contributed by atoms with van der Waals surface area (Å²) in [5, 5.41) is 8.89. The molecule has 0 atom stereocenters. The fourth-order valence-corrected chi connectivity index (χ4v) is 4.54. The molecule has 0 radical (unpaired) electrons. The van der Waals surface area contributed by atoms with Gasteiger partial charge in [0.15, 0.2) is 0 Å². The Bertz CT molecular complexity index is 1400. The predicted octanol–water partition coefficient (Wildman–Crippen LogP) is 3.44. The van der Waals surface area contributed by atoms with E-state index in [1.54, 1.807) is 0 Å². The molecule has 0 spiro atoms. The zero-order valence-electron chi connectivity index (χ0n) is 19.1. The number of fused-ring (bicyclic) bond motifs is 1. The molecule has 0 bridgehead atoms. The van der Waals surface area contributed by atoms with Crippen molar-refractivity contribution in [2.75, 3.05) is 36.0 Å². The molecule has 0 saturated carbocycles. The van der Waals surface area contributed by atoms with Gasteiger partial charge in [-0.25, -0.2) is 14.5 Å². The highest BCUT2D eigenvalue weighted by atomic mass is 15.3. The fourth-order valence-electron chi connectivity index (χ4n) is 4.54. The second-order valence-electron chi connectivity index (χ2n) is 8.71. The molecule has 8 heteroatoms. The number of hydrogen-bond donors (Lipinski definition) is 0. The summed E-state index contributed by atoms with van der Waals surface area (Å²) in [5.74, 6) is 0.803. The van der Waals surface area contributed by atoms with Gasteiger partial charge in [-0.05, 0) is 17.2 Å². The van der Waals surface area contributed by atoms with Crippen LogP contribution in [0, 0.1) is 0 Å². The van der Waals surface area contributed by atoms with Crippen LogP contribution in [0.4, 0.5) is 11.6 Å². The number of anilines is 2. The van der Waals surface area contributed by atoms with Crippen molar-refractivity contribution in [3.05, 3.63) is 90.8 Å². The third kappa shape index (κ3) is 3.98. The van der Waals surface area contributed by atoms with Crippen molar-refractivity contribution in [1.29, 1.82) is 0 Å². The van der Waals surface area contributed by atoms with Crippen LogP contribution in [0.15, 0.2) is 79.6 Å². The highest BCUT2D eigenvalue weighted by molar-refractivity contribution is 5.75. The molecule has 5 aromatic rings. The van der Waals surface area contributed by atoms with Gasteiger partial charge in [0.1, 0.15) is 0 Å². The first kappa shape index (κ1) is 20.4. The molecule has 170 valence electrons. The van der Waals surface area contributed by atoms with Gasteiger partial charge in [0.2, 0.25) is 5.95 Å². The topological polar surface area (TPSA) is 67.4 Å². The van der Waals surface area contributed by atoms with Crippen molar-refractivity contribution in [2.24, 2.45) is 7.05 Å². The average molecular weight is 451 g/mol. The largest absolute Gasteiger partial charge is 0.365 e. The summed E-state index contributed by atoms with van der Waals surface area (Å²) < 4.78 is 3.77. The molecular formula is C26H26N8. The third-order valence-electron chi connectivity index (χ3n) is 6.38. The zero-order chi connectivity index (χ0) is 22.9. The number of pyridine rings is 1. The number of aromatic nitrogens is 6. The number of aryl methyl sites for hydroxylation is 1. The molecule has 8 nitrogen and oxygen atoms in total. The average Bonchev–Trinajstić information content (AvgIpc) is 3.51. The molecule has 6 rings (SSSR count). The van der Waals surface area contributed by atoms with Crippen molar-refractivity contribution in [1.82, 2.24) is 29.4 Å². The van der Waals surface area contributed by atoms with E-state index in [9.17, 15) is 0 Å². The maximum Gasteiger partial charge on any atom is 0.225 e. The second kappa shape index (κ2) is 8.62. The van der Waals surface area contributed by atoms with E-state index < -0.39 is 0 Å². The summed E-state index contributed by atoms with van der Waals surface area (Å²) in [6, 6.07) is 14.7. The summed E-state index contributed by atoms with van der Waals surface area (Å²) in [7, 11) is 1.93. The smallest absolute Gasteiger partial charge is 0.225 e. The zero-order valence-corrected chi connectivity index (χ0v) is 19.1. The van der Waals surface area contributed by atoms with Gasteiger partial charge in [0, 0.05) is 75.6 Å². The van der Waals surface area contributed by atoms with Crippen LogP contribution in [-0.4, -0.2) is 55.5 Å². The van der Waals surface area contributed by atoms with E-state index in [0.29, 0.717) is 0 Å². The van der Waals surface area contributed by atoms with Crippen LogP contribution >= 0.6 is 0 Å². The molecule has 0 unspecified atom stereocenters. The van der Waals surface area contributed by atoms with Crippen LogP contribution < -0.4 is 9.80 Å². The number of hydrogen-bond acceptors (Lipinski definition) is 6. The van der Waals surface area contributed by atoms with Gasteiger partial charge >= 0.3 is 0 Å². The third-order valence-corrected chi connectivity index (χ3v) is 6.38. The SMILES string of the molecule is Cn1cc(-c2ccc3c(N4CCN(c5ncc(Cc6ccccc6)cn5)CC4)cnn3c2)cn1. The summed E-state index contributed by atoms with van der Waals surface area (Å²) >= 11 is 0. The first-order valence-corrected chi connectivity index (χ1v) is 11.5. The first-order chi connectivity index (χ1) is 16.7. The lowest BCUT2D eigenvalue weighted by Gasteiger charge is -2.35. The van der Waals surface area contributed by atoms with Gasteiger partial charge < -0.3 is 9.80 Å². The first-order valence-electron chi connectivity index (χ1n) is 11.5. The van der Waals surface area contributed by atoms with Crippen molar-refractivity contribution >= 4 is 17.2 Å². The Kier molecular flexibility index (Phi) is 5.18. The van der Waals surface area contributed by atoms with Crippen molar-refractivity contribution in [3.63, 3.8) is 0 Å². The molecule has 34 heavy (non-hydrogen) atoms. The molecule has 4 aromatic heterocycles. The van der Waals surface area contributed by atoms with Gasteiger partial charge in [0.25, 0.3) is 0 Å². The van der Waals surface area contributed by atoms with E-state index >= 15 is 0 Å². The fraction of sp³-hybridized carbons (Fsp3) is 0.231. The summed E-state index contributed by atoms with van der Waals surface area (Å²) in [5.41, 5.74) is 6.87. The maximum atomic E-state index is 4.65. The number of piperazine rings is 1. The lowest BCUT2D eigenvalue weighted by atomic mass is 10.1. The van der Waals surface area contributed by atoms with Crippen molar-refractivity contribution < 1.29 is 0 Å². The number of nitrogens with zero attached hydrogens (tertiary/aromatic N) is 8. The molecule has 0 aliphatic carbocycles. The molecule has 1 aliphatic rings. The van der Waals surface area contributed by atoms with Crippen LogP contribution in [0.5, 0.6) is 0 Å². The quantitative estimate of drug-likeness (QED) is 0.409. The molecule has 1 aliphatic heterocycles. The second-order valence-corrected chi connectivity index (χ2v) is 8.71. The van der Waals surface area contributed by atoms with Crippen molar-refractivity contribution in [2.45, 2.75) is 6.42 Å². The number of benzene rings is 1. The molecule has 0 amide bonds. The molecule has 1 fully saturated rings. The minimum Gasteiger partial charge on any atom is -0.365 e. The summed E-state index contributed by atoms with van der Waals surface area (Å²) in [6.07, 6.45) is 12.7. The van der Waals surface area contributed by atoms with E-state index in [1.165, 1.54) is 5.56 Å². The molecule has 1 aromatic carbocycles. The molecule has 0 N–H and O–H groups in total. The van der Waals surface area contributed by atoms with E-state index in [2.05, 4.69) is 72.6 Å². The van der Waals surface area contributed by atoms with Crippen LogP contribution in [0.25, 0.3) is 16.6 Å². The Balaban J connectivity index is 1.12. The van der Waals surface area contributed by atoms with Gasteiger partial charge in [0.05, 0.1) is 23.6 Å². The maximum absolute atomic E-state index is 4.65. The minimum atomic E-state index is 0.803. The highest BCUT2D eigenvalue weighted by Gasteiger charge is 2.21. The molecular weight excluding hydrogens is 424 g/mol. The molecule has 1 saturated heterocycles. The van der Waals surface area contributed by atoms with E-state index in [4.69, 9.17) is 0 Å². The normalized spacial score (nSPS) is 14.1. The number of rotatable bonds is 5. The Hall–Kier alpha value is -4.20. The van der Waals surface area contributed by atoms with Gasteiger partial charge in [-0.2, -0.15) is 10.2 Å². The van der Waals surface area contributed by atoms with Gasteiger partial charge in [-0.1, -0.05) is 36.4 Å². The van der Waals surface area contributed by atoms with E-state index in [-0.39, 0.29) is 0 Å². The van der Waals surface area contributed by atoms with Crippen LogP contribution in [0.2, 0.25) is 0 Å². The van der Waals surface area contributed by atoms with E-state index in [0.717, 1.165) is 66.4 Å². The summed E-state index contributed by atoms with van der Waals surface area (Å²) in [4.78, 5) is 14.0. The Morgan fingerprint density at radius 3 is 2.21 bits per heavy atom. The Morgan fingerprint density at radius 2 is 1.47 bits per heavy atom.